The Labute approximate surface area is 143 Å². The van der Waals surface area contributed by atoms with E-state index in [2.05, 4.69) is 10.3 Å². The number of sulfonamides is 1. The first-order chi connectivity index (χ1) is 11.7. The molecule has 1 amide bonds. The van der Waals surface area contributed by atoms with Crippen molar-refractivity contribution in [3.63, 3.8) is 0 Å². The minimum Gasteiger partial charge on any atom is -0.351 e. The van der Waals surface area contributed by atoms with Gasteiger partial charge in [0.25, 0.3) is 5.91 Å². The van der Waals surface area contributed by atoms with E-state index in [9.17, 15) is 17.6 Å². The van der Waals surface area contributed by atoms with E-state index in [1.807, 2.05) is 0 Å². The molecule has 1 aromatic heterocycles. The standard InChI is InChI=1S/C17H16FN3O3S/c1-10(11-2-5-14(6-3-11)25(19,23)24)20-17(22)16-9-12-8-13(18)4-7-15(12)21-16/h2-10,21H,1H3,(H,20,22)(H2,19,23,24)/t10-/m0/s1. The van der Waals surface area contributed by atoms with Gasteiger partial charge >= 0.3 is 0 Å². The number of primary sulfonamides is 1. The largest absolute Gasteiger partial charge is 0.351 e. The van der Waals surface area contributed by atoms with Gasteiger partial charge in [0.15, 0.2) is 0 Å². The predicted molar refractivity (Wildman–Crippen MR) is 92.0 cm³/mol. The molecule has 0 unspecified atom stereocenters. The summed E-state index contributed by atoms with van der Waals surface area (Å²) in [4.78, 5) is 15.3. The highest BCUT2D eigenvalue weighted by molar-refractivity contribution is 7.89. The Bertz CT molecular complexity index is 1040. The van der Waals surface area contributed by atoms with Crippen molar-refractivity contribution in [1.29, 1.82) is 0 Å². The molecule has 6 nitrogen and oxygen atoms in total. The highest BCUT2D eigenvalue weighted by atomic mass is 32.2. The minimum atomic E-state index is -3.75. The predicted octanol–water partition coefficient (Wildman–Crippen LogP) is 2.45. The van der Waals surface area contributed by atoms with Crippen molar-refractivity contribution in [1.82, 2.24) is 10.3 Å². The van der Waals surface area contributed by atoms with E-state index in [0.717, 1.165) is 5.56 Å². The molecule has 0 spiro atoms. The molecule has 2 aromatic carbocycles. The van der Waals surface area contributed by atoms with E-state index in [1.165, 1.54) is 24.3 Å². The number of rotatable bonds is 4. The quantitative estimate of drug-likeness (QED) is 0.664. The Kier molecular flexibility index (Phi) is 4.32. The zero-order chi connectivity index (χ0) is 18.2. The Hall–Kier alpha value is -2.71. The summed E-state index contributed by atoms with van der Waals surface area (Å²) in [5, 5.41) is 8.47. The SMILES string of the molecule is C[C@H](NC(=O)c1cc2cc(F)ccc2[nH]1)c1ccc(S(N)(=O)=O)cc1. The van der Waals surface area contributed by atoms with Crippen LogP contribution in [-0.2, 0) is 10.0 Å². The highest BCUT2D eigenvalue weighted by Gasteiger charge is 2.15. The van der Waals surface area contributed by atoms with Crippen LogP contribution in [0.3, 0.4) is 0 Å². The third-order valence-electron chi connectivity index (χ3n) is 3.88. The van der Waals surface area contributed by atoms with Crippen LogP contribution in [0.2, 0.25) is 0 Å². The lowest BCUT2D eigenvalue weighted by Gasteiger charge is -2.14. The number of nitrogens with two attached hydrogens (primary N) is 1. The molecule has 0 bridgehead atoms. The van der Waals surface area contributed by atoms with Crippen molar-refractivity contribution < 1.29 is 17.6 Å². The molecule has 0 aliphatic carbocycles. The number of amides is 1. The lowest BCUT2D eigenvalue weighted by atomic mass is 10.1. The molecule has 3 rings (SSSR count). The number of carbonyl (C=O) groups is 1. The maximum Gasteiger partial charge on any atom is 0.268 e. The Balaban J connectivity index is 1.77. The van der Waals surface area contributed by atoms with Crippen molar-refractivity contribution in [3.05, 3.63) is 65.6 Å². The monoisotopic (exact) mass is 361 g/mol. The maximum absolute atomic E-state index is 13.2. The number of hydrogen-bond donors (Lipinski definition) is 3. The van der Waals surface area contributed by atoms with Gasteiger partial charge in [0.2, 0.25) is 10.0 Å². The van der Waals surface area contributed by atoms with Crippen LogP contribution in [0, 0.1) is 5.82 Å². The van der Waals surface area contributed by atoms with Crippen LogP contribution in [0.5, 0.6) is 0 Å². The molecule has 0 saturated carbocycles. The second-order valence-corrected chi connectivity index (χ2v) is 7.29. The summed E-state index contributed by atoms with van der Waals surface area (Å²) in [7, 11) is -3.75. The normalized spacial score (nSPS) is 12.9. The lowest BCUT2D eigenvalue weighted by molar-refractivity contribution is 0.0935. The molecule has 8 heteroatoms. The van der Waals surface area contributed by atoms with Crippen LogP contribution in [0.15, 0.2) is 53.4 Å². The molecule has 0 saturated heterocycles. The number of nitrogens with one attached hydrogen (secondary N) is 2. The summed E-state index contributed by atoms with van der Waals surface area (Å²) in [6.45, 7) is 1.77. The number of halogens is 1. The topological polar surface area (TPSA) is 105 Å². The van der Waals surface area contributed by atoms with Gasteiger partial charge in [-0.25, -0.2) is 17.9 Å². The van der Waals surface area contributed by atoms with Gasteiger partial charge in [0.05, 0.1) is 10.9 Å². The van der Waals surface area contributed by atoms with Crippen LogP contribution >= 0.6 is 0 Å². The fourth-order valence-corrected chi connectivity index (χ4v) is 3.05. The Morgan fingerprint density at radius 1 is 1.16 bits per heavy atom. The molecule has 1 atom stereocenters. The third-order valence-corrected chi connectivity index (χ3v) is 4.81. The van der Waals surface area contributed by atoms with Crippen molar-refractivity contribution in [2.24, 2.45) is 5.14 Å². The van der Waals surface area contributed by atoms with Crippen molar-refractivity contribution in [3.8, 4) is 0 Å². The Morgan fingerprint density at radius 2 is 1.84 bits per heavy atom. The van der Waals surface area contributed by atoms with Crippen LogP contribution < -0.4 is 10.5 Å². The molecule has 0 aliphatic rings. The second kappa shape index (κ2) is 6.30. The van der Waals surface area contributed by atoms with Gasteiger partial charge in [-0.2, -0.15) is 0 Å². The van der Waals surface area contributed by atoms with Crippen LogP contribution in [0.25, 0.3) is 10.9 Å². The van der Waals surface area contributed by atoms with E-state index in [1.54, 1.807) is 31.2 Å². The fraction of sp³-hybridized carbons (Fsp3) is 0.118. The van der Waals surface area contributed by atoms with Crippen LogP contribution in [0.4, 0.5) is 4.39 Å². The molecule has 3 aromatic rings. The third kappa shape index (κ3) is 3.70. The van der Waals surface area contributed by atoms with Crippen molar-refractivity contribution in [2.75, 3.05) is 0 Å². The molecule has 130 valence electrons. The lowest BCUT2D eigenvalue weighted by Crippen LogP contribution is -2.27. The second-order valence-electron chi connectivity index (χ2n) is 5.72. The number of benzene rings is 2. The molecule has 4 N–H and O–H groups in total. The minimum absolute atomic E-state index is 0.00687. The molecule has 0 aliphatic heterocycles. The van der Waals surface area contributed by atoms with Crippen molar-refractivity contribution >= 4 is 26.8 Å². The summed E-state index contributed by atoms with van der Waals surface area (Å²) in [6.07, 6.45) is 0. The van der Waals surface area contributed by atoms with Gasteiger partial charge in [-0.1, -0.05) is 12.1 Å². The average Bonchev–Trinajstić information content (AvgIpc) is 2.97. The summed E-state index contributed by atoms with van der Waals surface area (Å²) >= 11 is 0. The van der Waals surface area contributed by atoms with Gasteiger partial charge in [-0.15, -0.1) is 0 Å². The highest BCUT2D eigenvalue weighted by Crippen LogP contribution is 2.19. The summed E-state index contributed by atoms with van der Waals surface area (Å²) in [5.74, 6) is -0.721. The van der Waals surface area contributed by atoms with E-state index in [-0.39, 0.29) is 22.7 Å². The van der Waals surface area contributed by atoms with Gasteiger partial charge in [-0.05, 0) is 48.9 Å². The first-order valence-corrected chi connectivity index (χ1v) is 9.00. The van der Waals surface area contributed by atoms with Crippen molar-refractivity contribution in [2.45, 2.75) is 17.9 Å². The summed E-state index contributed by atoms with van der Waals surface area (Å²) in [5.41, 5.74) is 1.70. The first-order valence-electron chi connectivity index (χ1n) is 7.46. The maximum atomic E-state index is 13.2. The number of H-pyrrole nitrogens is 1. The van der Waals surface area contributed by atoms with Gasteiger partial charge in [0, 0.05) is 10.9 Å². The molecule has 25 heavy (non-hydrogen) atoms. The smallest absolute Gasteiger partial charge is 0.268 e. The van der Waals surface area contributed by atoms with Crippen LogP contribution in [-0.4, -0.2) is 19.3 Å². The number of carbonyl (C=O) groups excluding carboxylic acids is 1. The number of aromatic nitrogens is 1. The van der Waals surface area contributed by atoms with Gasteiger partial charge in [0.1, 0.15) is 11.5 Å². The number of hydrogen-bond acceptors (Lipinski definition) is 3. The summed E-state index contributed by atoms with van der Waals surface area (Å²) in [6, 6.07) is 11.4. The zero-order valence-electron chi connectivity index (χ0n) is 13.3. The zero-order valence-corrected chi connectivity index (χ0v) is 14.1. The number of aromatic amines is 1. The fourth-order valence-electron chi connectivity index (χ4n) is 2.53. The van der Waals surface area contributed by atoms with Gasteiger partial charge in [-0.3, -0.25) is 4.79 Å². The molecular weight excluding hydrogens is 345 g/mol. The molecule has 0 radical (unpaired) electrons. The van der Waals surface area contributed by atoms with E-state index in [0.29, 0.717) is 16.6 Å². The molecule has 1 heterocycles. The first kappa shape index (κ1) is 17.1. The summed E-state index contributed by atoms with van der Waals surface area (Å²) < 4.78 is 35.8. The van der Waals surface area contributed by atoms with E-state index >= 15 is 0 Å². The number of fused-ring (bicyclic) bond motifs is 1. The van der Waals surface area contributed by atoms with Crippen LogP contribution in [0.1, 0.15) is 29.0 Å². The molecule has 0 fully saturated rings. The van der Waals surface area contributed by atoms with E-state index in [4.69, 9.17) is 5.14 Å². The Morgan fingerprint density at radius 3 is 2.48 bits per heavy atom. The van der Waals surface area contributed by atoms with Gasteiger partial charge < -0.3 is 10.3 Å². The average molecular weight is 361 g/mol. The van der Waals surface area contributed by atoms with E-state index < -0.39 is 10.0 Å². The molecular formula is C17H16FN3O3S.